The summed E-state index contributed by atoms with van der Waals surface area (Å²) in [5.41, 5.74) is 8.17. The Balaban J connectivity index is 2.31. The lowest BCUT2D eigenvalue weighted by molar-refractivity contribution is 0.626. The highest BCUT2D eigenvalue weighted by Crippen LogP contribution is 2.31. The molecule has 0 saturated heterocycles. The van der Waals surface area contributed by atoms with Crippen molar-refractivity contribution < 1.29 is 4.39 Å². The maximum atomic E-state index is 13.0. The summed E-state index contributed by atoms with van der Waals surface area (Å²) >= 11 is 1.79. The van der Waals surface area contributed by atoms with Crippen molar-refractivity contribution in [2.75, 3.05) is 18.5 Å². The van der Waals surface area contributed by atoms with Gasteiger partial charge in [0.15, 0.2) is 0 Å². The molecule has 0 spiro atoms. The molecule has 0 fully saturated rings. The van der Waals surface area contributed by atoms with Crippen LogP contribution in [0.1, 0.15) is 21.4 Å². The molecule has 0 aliphatic carbocycles. The van der Waals surface area contributed by atoms with Gasteiger partial charge in [-0.2, -0.15) is 0 Å². The first kappa shape index (κ1) is 14.0. The lowest BCUT2D eigenvalue weighted by Gasteiger charge is -2.29. The second-order valence-corrected chi connectivity index (χ2v) is 6.17. The van der Waals surface area contributed by atoms with E-state index in [4.69, 9.17) is 5.73 Å². The highest BCUT2D eigenvalue weighted by molar-refractivity contribution is 7.12. The van der Waals surface area contributed by atoms with E-state index in [1.165, 1.54) is 27.5 Å². The minimum Gasteiger partial charge on any atom is -0.366 e. The van der Waals surface area contributed by atoms with Gasteiger partial charge in [-0.15, -0.1) is 11.3 Å². The number of likely N-dealkylation sites (N-methyl/N-ethyl adjacent to an activating group) is 1. The Morgan fingerprint density at radius 2 is 1.89 bits per heavy atom. The summed E-state index contributed by atoms with van der Waals surface area (Å²) in [6.45, 7) is 4.76. The van der Waals surface area contributed by atoms with Crippen molar-refractivity contribution in [1.29, 1.82) is 0 Å². The number of aryl methyl sites for hydroxylation is 2. The molecule has 1 heterocycles. The normalized spacial score (nSPS) is 12.5. The molecular formula is C15H19FN2S. The van der Waals surface area contributed by atoms with Gasteiger partial charge >= 0.3 is 0 Å². The number of thiophene rings is 1. The molecule has 0 aliphatic heterocycles. The Bertz CT molecular complexity index is 548. The molecular weight excluding hydrogens is 259 g/mol. The van der Waals surface area contributed by atoms with Crippen LogP contribution in [0.4, 0.5) is 10.1 Å². The third-order valence-corrected chi connectivity index (χ3v) is 4.34. The molecule has 4 heteroatoms. The summed E-state index contributed by atoms with van der Waals surface area (Å²) in [5, 5.41) is 0. The predicted molar refractivity (Wildman–Crippen MR) is 80.4 cm³/mol. The lowest BCUT2D eigenvalue weighted by Crippen LogP contribution is -2.30. The van der Waals surface area contributed by atoms with Crippen LogP contribution in [-0.2, 0) is 0 Å². The Morgan fingerprint density at radius 1 is 1.26 bits per heavy atom. The van der Waals surface area contributed by atoms with Crippen molar-refractivity contribution in [3.8, 4) is 0 Å². The third kappa shape index (κ3) is 2.96. The van der Waals surface area contributed by atoms with Gasteiger partial charge in [-0.3, -0.25) is 0 Å². The van der Waals surface area contributed by atoms with Crippen LogP contribution < -0.4 is 10.6 Å². The minimum atomic E-state index is -0.219. The van der Waals surface area contributed by atoms with Gasteiger partial charge in [-0.1, -0.05) is 0 Å². The Morgan fingerprint density at radius 3 is 2.37 bits per heavy atom. The molecule has 2 aromatic rings. The summed E-state index contributed by atoms with van der Waals surface area (Å²) in [4.78, 5) is 4.69. The van der Waals surface area contributed by atoms with Gasteiger partial charge < -0.3 is 10.6 Å². The van der Waals surface area contributed by atoms with Gasteiger partial charge in [0.1, 0.15) is 5.82 Å². The molecule has 2 N–H and O–H groups in total. The summed E-state index contributed by atoms with van der Waals surface area (Å²) in [6.07, 6.45) is 0. The topological polar surface area (TPSA) is 29.3 Å². The van der Waals surface area contributed by atoms with Crippen molar-refractivity contribution in [2.24, 2.45) is 5.73 Å². The van der Waals surface area contributed by atoms with Gasteiger partial charge in [-0.05, 0) is 49.7 Å². The molecule has 0 bridgehead atoms. The molecule has 0 amide bonds. The zero-order chi connectivity index (χ0) is 14.0. The van der Waals surface area contributed by atoms with Crippen molar-refractivity contribution in [1.82, 2.24) is 0 Å². The molecule has 1 unspecified atom stereocenters. The van der Waals surface area contributed by atoms with Crippen LogP contribution >= 0.6 is 11.3 Å². The fourth-order valence-electron chi connectivity index (χ4n) is 2.33. The van der Waals surface area contributed by atoms with E-state index in [2.05, 4.69) is 24.8 Å². The molecule has 0 saturated carbocycles. The standard InChI is InChI=1S/C15H19FN2S/c1-10-8-14(11(2)19-10)15(9-17)18(3)13-6-4-12(16)5-7-13/h4-8,15H,9,17H2,1-3H3. The second-order valence-electron chi connectivity index (χ2n) is 4.71. The van der Waals surface area contributed by atoms with E-state index in [1.807, 2.05) is 7.05 Å². The van der Waals surface area contributed by atoms with E-state index in [9.17, 15) is 4.39 Å². The number of nitrogens with two attached hydrogens (primary N) is 1. The van der Waals surface area contributed by atoms with Crippen LogP contribution in [0, 0.1) is 19.7 Å². The summed E-state index contributed by atoms with van der Waals surface area (Å²) in [7, 11) is 2.00. The predicted octanol–water partition coefficient (Wildman–Crippen LogP) is 3.64. The lowest BCUT2D eigenvalue weighted by atomic mass is 10.1. The highest BCUT2D eigenvalue weighted by Gasteiger charge is 2.19. The first-order valence-corrected chi connectivity index (χ1v) is 7.10. The fourth-order valence-corrected chi connectivity index (χ4v) is 3.31. The molecule has 0 radical (unpaired) electrons. The summed E-state index contributed by atoms with van der Waals surface area (Å²) in [5.74, 6) is -0.219. The maximum absolute atomic E-state index is 13.0. The molecule has 2 nitrogen and oxygen atoms in total. The van der Waals surface area contributed by atoms with Crippen LogP contribution in [0.15, 0.2) is 30.3 Å². The van der Waals surface area contributed by atoms with Gasteiger partial charge in [-0.25, -0.2) is 4.39 Å². The van der Waals surface area contributed by atoms with Crippen molar-refractivity contribution in [2.45, 2.75) is 19.9 Å². The van der Waals surface area contributed by atoms with Crippen LogP contribution in [0.25, 0.3) is 0 Å². The smallest absolute Gasteiger partial charge is 0.123 e. The Kier molecular flexibility index (Phi) is 4.22. The van der Waals surface area contributed by atoms with E-state index in [0.29, 0.717) is 6.54 Å². The number of rotatable bonds is 4. The Labute approximate surface area is 117 Å². The number of halogens is 1. The average molecular weight is 278 g/mol. The zero-order valence-corrected chi connectivity index (χ0v) is 12.3. The first-order valence-electron chi connectivity index (χ1n) is 6.28. The number of hydrogen-bond donors (Lipinski definition) is 1. The van der Waals surface area contributed by atoms with Gasteiger partial charge in [0.25, 0.3) is 0 Å². The molecule has 0 aliphatic rings. The Hall–Kier alpha value is -1.39. The number of hydrogen-bond acceptors (Lipinski definition) is 3. The maximum Gasteiger partial charge on any atom is 0.123 e. The molecule has 1 aromatic heterocycles. The number of anilines is 1. The second kappa shape index (κ2) is 5.72. The molecule has 19 heavy (non-hydrogen) atoms. The van der Waals surface area contributed by atoms with Gasteiger partial charge in [0.2, 0.25) is 0 Å². The van der Waals surface area contributed by atoms with Crippen molar-refractivity contribution >= 4 is 17.0 Å². The zero-order valence-electron chi connectivity index (χ0n) is 11.5. The quantitative estimate of drug-likeness (QED) is 0.925. The highest BCUT2D eigenvalue weighted by atomic mass is 32.1. The van der Waals surface area contributed by atoms with Gasteiger partial charge in [0.05, 0.1) is 6.04 Å². The molecule has 102 valence electrons. The SMILES string of the molecule is Cc1cc(C(CN)N(C)c2ccc(F)cc2)c(C)s1. The van der Waals surface area contributed by atoms with E-state index in [1.54, 1.807) is 23.5 Å². The summed E-state index contributed by atoms with van der Waals surface area (Å²) in [6, 6.07) is 8.84. The first-order chi connectivity index (χ1) is 9.02. The van der Waals surface area contributed by atoms with Crippen molar-refractivity contribution in [3.05, 3.63) is 51.5 Å². The number of benzene rings is 1. The molecule has 2 rings (SSSR count). The van der Waals surface area contributed by atoms with E-state index in [-0.39, 0.29) is 11.9 Å². The van der Waals surface area contributed by atoms with Crippen LogP contribution in [0.5, 0.6) is 0 Å². The van der Waals surface area contributed by atoms with E-state index < -0.39 is 0 Å². The van der Waals surface area contributed by atoms with Gasteiger partial charge in [0, 0.05) is 29.0 Å². The van der Waals surface area contributed by atoms with Crippen LogP contribution in [0.3, 0.4) is 0 Å². The fraction of sp³-hybridized carbons (Fsp3) is 0.333. The monoisotopic (exact) mass is 278 g/mol. The molecule has 1 atom stereocenters. The van der Waals surface area contributed by atoms with Crippen LogP contribution in [-0.4, -0.2) is 13.6 Å². The van der Waals surface area contributed by atoms with Crippen molar-refractivity contribution in [3.63, 3.8) is 0 Å². The number of nitrogens with zero attached hydrogens (tertiary/aromatic N) is 1. The average Bonchev–Trinajstić information content (AvgIpc) is 2.70. The third-order valence-electron chi connectivity index (χ3n) is 3.36. The minimum absolute atomic E-state index is 0.121. The van der Waals surface area contributed by atoms with E-state index in [0.717, 1.165) is 5.69 Å². The van der Waals surface area contributed by atoms with E-state index >= 15 is 0 Å². The largest absolute Gasteiger partial charge is 0.366 e. The van der Waals surface area contributed by atoms with Crippen LogP contribution in [0.2, 0.25) is 0 Å². The molecule has 1 aromatic carbocycles. The summed E-state index contributed by atoms with van der Waals surface area (Å²) < 4.78 is 13.0.